The second-order valence-corrected chi connectivity index (χ2v) is 5.54. The number of ether oxygens (including phenoxy) is 1. The highest BCUT2D eigenvalue weighted by molar-refractivity contribution is 6.16. The molecule has 2 heterocycles. The van der Waals surface area contributed by atoms with Gasteiger partial charge in [-0.2, -0.15) is 5.10 Å². The second kappa shape index (κ2) is 7.80. The first kappa shape index (κ1) is 16.3. The zero-order valence-electron chi connectivity index (χ0n) is 13.2. The summed E-state index contributed by atoms with van der Waals surface area (Å²) < 4.78 is 9.72. The van der Waals surface area contributed by atoms with Gasteiger partial charge in [0.05, 0.1) is 18.2 Å². The zero-order valence-corrected chi connectivity index (χ0v) is 14.0. The highest BCUT2D eigenvalue weighted by atomic mass is 35.5. The zero-order chi connectivity index (χ0) is 15.2. The number of hydrogen-bond donors (Lipinski definition) is 0. The Kier molecular flexibility index (Phi) is 6.06. The second-order valence-electron chi connectivity index (χ2n) is 5.27. The number of halogens is 1. The minimum absolute atomic E-state index is 0.412. The number of imidazole rings is 1. The van der Waals surface area contributed by atoms with E-state index in [2.05, 4.69) is 28.5 Å². The number of nitrogens with zero attached hydrogens (tertiary/aromatic N) is 4. The van der Waals surface area contributed by atoms with Crippen LogP contribution in [0.1, 0.15) is 44.6 Å². The lowest BCUT2D eigenvalue weighted by molar-refractivity contribution is 0.123. The van der Waals surface area contributed by atoms with Gasteiger partial charge in [-0.25, -0.2) is 4.98 Å². The van der Waals surface area contributed by atoms with E-state index in [9.17, 15) is 0 Å². The predicted octanol–water partition coefficient (Wildman–Crippen LogP) is 3.28. The average Bonchev–Trinajstić information content (AvgIpc) is 2.98. The summed E-state index contributed by atoms with van der Waals surface area (Å²) in [4.78, 5) is 4.68. The lowest BCUT2D eigenvalue weighted by atomic mass is 10.2. The maximum atomic E-state index is 6.05. The molecule has 0 unspecified atom stereocenters. The van der Waals surface area contributed by atoms with Crippen LogP contribution in [0.5, 0.6) is 0 Å². The minimum atomic E-state index is 0.412. The number of rotatable bonds is 9. The van der Waals surface area contributed by atoms with Crippen LogP contribution in [0.2, 0.25) is 0 Å². The highest BCUT2D eigenvalue weighted by Gasteiger charge is 2.18. The third-order valence-corrected chi connectivity index (χ3v) is 3.82. The average molecular weight is 313 g/mol. The van der Waals surface area contributed by atoms with Crippen LogP contribution in [0.3, 0.4) is 0 Å². The van der Waals surface area contributed by atoms with E-state index in [-0.39, 0.29) is 0 Å². The van der Waals surface area contributed by atoms with E-state index in [1.807, 2.05) is 11.7 Å². The summed E-state index contributed by atoms with van der Waals surface area (Å²) in [6.45, 7) is 6.59. The monoisotopic (exact) mass is 312 g/mol. The largest absolute Gasteiger partial charge is 0.380 e. The summed E-state index contributed by atoms with van der Waals surface area (Å²) in [5.74, 6) is 1.31. The molecule has 5 nitrogen and oxygen atoms in total. The van der Waals surface area contributed by atoms with Crippen molar-refractivity contribution in [2.45, 2.75) is 52.0 Å². The van der Waals surface area contributed by atoms with E-state index in [1.54, 1.807) is 0 Å². The Morgan fingerprint density at radius 2 is 2.00 bits per heavy atom. The molecule has 21 heavy (non-hydrogen) atoms. The minimum Gasteiger partial charge on any atom is -0.380 e. The third-order valence-electron chi connectivity index (χ3n) is 3.58. The SMILES string of the molecule is CCCCOCCn1c(CCl)nc2c(CCC)nn(C)c21. The Bertz CT molecular complexity index is 576. The topological polar surface area (TPSA) is 44.9 Å². The molecule has 0 bridgehead atoms. The van der Waals surface area contributed by atoms with Gasteiger partial charge in [-0.1, -0.05) is 26.7 Å². The van der Waals surface area contributed by atoms with Crippen molar-refractivity contribution in [1.29, 1.82) is 0 Å². The van der Waals surface area contributed by atoms with Crippen LogP contribution in [0.15, 0.2) is 0 Å². The first-order valence-electron chi connectivity index (χ1n) is 7.77. The maximum absolute atomic E-state index is 6.05. The molecule has 118 valence electrons. The molecule has 0 saturated carbocycles. The van der Waals surface area contributed by atoms with Crippen molar-refractivity contribution < 1.29 is 4.74 Å². The van der Waals surface area contributed by atoms with Gasteiger partial charge in [0, 0.05) is 20.2 Å². The molecule has 0 N–H and O–H groups in total. The van der Waals surface area contributed by atoms with Crippen molar-refractivity contribution in [3.63, 3.8) is 0 Å². The summed E-state index contributed by atoms with van der Waals surface area (Å²) >= 11 is 6.05. The molecule has 0 amide bonds. The molecule has 0 aliphatic heterocycles. The van der Waals surface area contributed by atoms with Crippen LogP contribution in [0, 0.1) is 0 Å². The Morgan fingerprint density at radius 1 is 1.19 bits per heavy atom. The summed E-state index contributed by atoms with van der Waals surface area (Å²) in [6.07, 6.45) is 4.27. The van der Waals surface area contributed by atoms with Gasteiger partial charge in [0.15, 0.2) is 5.65 Å². The smallest absolute Gasteiger partial charge is 0.158 e. The summed E-state index contributed by atoms with van der Waals surface area (Å²) in [5.41, 5.74) is 3.10. The third kappa shape index (κ3) is 3.58. The molecular formula is C15H25ClN4O. The molecule has 2 rings (SSSR count). The maximum Gasteiger partial charge on any atom is 0.158 e. The van der Waals surface area contributed by atoms with Gasteiger partial charge >= 0.3 is 0 Å². The molecule has 6 heteroatoms. The van der Waals surface area contributed by atoms with Crippen LogP contribution in [0.4, 0.5) is 0 Å². The molecule has 0 spiro atoms. The molecule has 0 fully saturated rings. The van der Waals surface area contributed by atoms with Gasteiger partial charge in [-0.05, 0) is 12.8 Å². The van der Waals surface area contributed by atoms with Crippen molar-refractivity contribution in [1.82, 2.24) is 19.3 Å². The van der Waals surface area contributed by atoms with Gasteiger partial charge in [0.1, 0.15) is 11.3 Å². The summed E-state index contributed by atoms with van der Waals surface area (Å²) in [5, 5.41) is 4.58. The molecule has 2 aromatic rings. The van der Waals surface area contributed by atoms with Gasteiger partial charge in [-0.15, -0.1) is 11.6 Å². The normalized spacial score (nSPS) is 11.6. The number of aromatic nitrogens is 4. The van der Waals surface area contributed by atoms with Crippen LogP contribution >= 0.6 is 11.6 Å². The lowest BCUT2D eigenvalue weighted by Crippen LogP contribution is -2.11. The Morgan fingerprint density at radius 3 is 2.67 bits per heavy atom. The first-order valence-corrected chi connectivity index (χ1v) is 8.31. The van der Waals surface area contributed by atoms with Crippen LogP contribution in [0.25, 0.3) is 11.2 Å². The van der Waals surface area contributed by atoms with Crippen molar-refractivity contribution in [2.24, 2.45) is 7.05 Å². The fraction of sp³-hybridized carbons (Fsp3) is 0.733. The molecule has 0 atom stereocenters. The van der Waals surface area contributed by atoms with Gasteiger partial charge in [-0.3, -0.25) is 4.68 Å². The fourth-order valence-corrected chi connectivity index (χ4v) is 2.74. The quantitative estimate of drug-likeness (QED) is 0.527. The molecule has 2 aromatic heterocycles. The molecule has 0 aliphatic carbocycles. The van der Waals surface area contributed by atoms with Gasteiger partial charge in [0.2, 0.25) is 0 Å². The Labute approximate surface area is 131 Å². The van der Waals surface area contributed by atoms with Crippen molar-refractivity contribution in [3.8, 4) is 0 Å². The lowest BCUT2D eigenvalue weighted by Gasteiger charge is -2.08. The van der Waals surface area contributed by atoms with Crippen LogP contribution in [-0.4, -0.2) is 32.5 Å². The van der Waals surface area contributed by atoms with E-state index in [1.165, 1.54) is 0 Å². The number of fused-ring (bicyclic) bond motifs is 1. The Balaban J connectivity index is 2.20. The molecular weight excluding hydrogens is 288 g/mol. The van der Waals surface area contributed by atoms with E-state index < -0.39 is 0 Å². The summed E-state index contributed by atoms with van der Waals surface area (Å²) in [7, 11) is 1.97. The van der Waals surface area contributed by atoms with Crippen molar-refractivity contribution >= 4 is 22.8 Å². The first-order chi connectivity index (χ1) is 10.2. The van der Waals surface area contributed by atoms with E-state index >= 15 is 0 Å². The number of aryl methyl sites for hydroxylation is 2. The Hall–Kier alpha value is -1.07. The standard InChI is InChI=1S/C15H25ClN4O/c1-4-6-9-21-10-8-20-13(11-16)17-14-12(7-5-2)18-19(3)15(14)20/h4-11H2,1-3H3. The fourth-order valence-electron chi connectivity index (χ4n) is 2.53. The number of hydrogen-bond acceptors (Lipinski definition) is 3. The van der Waals surface area contributed by atoms with E-state index in [0.717, 1.165) is 61.5 Å². The number of unbranched alkanes of at least 4 members (excludes halogenated alkanes) is 1. The van der Waals surface area contributed by atoms with E-state index in [4.69, 9.17) is 16.3 Å². The highest BCUT2D eigenvalue weighted by Crippen LogP contribution is 2.21. The van der Waals surface area contributed by atoms with Gasteiger partial charge < -0.3 is 9.30 Å². The molecule has 0 aliphatic rings. The van der Waals surface area contributed by atoms with Crippen LogP contribution < -0.4 is 0 Å². The van der Waals surface area contributed by atoms with E-state index in [0.29, 0.717) is 12.5 Å². The van der Waals surface area contributed by atoms with Crippen molar-refractivity contribution in [3.05, 3.63) is 11.5 Å². The molecule has 0 saturated heterocycles. The van der Waals surface area contributed by atoms with Crippen LogP contribution in [-0.2, 0) is 30.6 Å². The summed E-state index contributed by atoms with van der Waals surface area (Å²) in [6, 6.07) is 0. The van der Waals surface area contributed by atoms with Gasteiger partial charge in [0.25, 0.3) is 0 Å². The van der Waals surface area contributed by atoms with Crippen molar-refractivity contribution in [2.75, 3.05) is 13.2 Å². The predicted molar refractivity (Wildman–Crippen MR) is 85.8 cm³/mol. The molecule has 0 aromatic carbocycles. The molecule has 0 radical (unpaired) electrons. The number of alkyl halides is 1.